The minimum Gasteiger partial charge on any atom is -0.493 e. The number of nitrogens with zero attached hydrogens (tertiary/aromatic N) is 3. The van der Waals surface area contributed by atoms with Gasteiger partial charge >= 0.3 is 5.97 Å². The molecule has 0 saturated heterocycles. The van der Waals surface area contributed by atoms with Gasteiger partial charge in [-0.3, -0.25) is 9.36 Å². The minimum absolute atomic E-state index is 0.0887. The molecule has 1 aromatic heterocycles. The molecular weight excluding hydrogens is 706 g/mol. The Morgan fingerprint density at radius 1 is 1.17 bits per heavy atom. The Bertz CT molecular complexity index is 2100. The molecule has 4 aromatic rings. The second-order valence-corrected chi connectivity index (χ2v) is 13.1. The summed E-state index contributed by atoms with van der Waals surface area (Å²) in [7, 11) is 1.54. The number of halogens is 2. The maximum Gasteiger partial charge on any atom is 0.338 e. The van der Waals surface area contributed by atoms with Gasteiger partial charge in [-0.05, 0) is 97.2 Å². The number of ether oxygens (including phenoxy) is 4. The van der Waals surface area contributed by atoms with Crippen LogP contribution in [0.4, 0.5) is 0 Å². The van der Waals surface area contributed by atoms with Gasteiger partial charge in [-0.15, -0.1) is 0 Å². The molecule has 0 bridgehead atoms. The number of methoxy groups -OCH3 is 1. The van der Waals surface area contributed by atoms with Gasteiger partial charge in [0.1, 0.15) is 12.4 Å². The van der Waals surface area contributed by atoms with E-state index < -0.39 is 12.0 Å². The molecule has 242 valence electrons. The highest BCUT2D eigenvalue weighted by molar-refractivity contribution is 9.10. The van der Waals surface area contributed by atoms with E-state index in [4.69, 9.17) is 35.8 Å². The molecule has 1 atom stereocenters. The average molecular weight is 737 g/mol. The fourth-order valence-electron chi connectivity index (χ4n) is 5.12. The van der Waals surface area contributed by atoms with E-state index in [1.807, 2.05) is 32.0 Å². The smallest absolute Gasteiger partial charge is 0.338 e. The van der Waals surface area contributed by atoms with Crippen LogP contribution in [-0.2, 0) is 16.1 Å². The first-order valence-corrected chi connectivity index (χ1v) is 16.7. The SMILES string of the molecule is CCOC(=O)C1=C(C)N=c2s/c(=C/c3cc(Cl)cc(Br)c3OCc3ccc(C#N)cc3)c(=O)n2[C@@H]1c1ccc(OC(C)C)c(OC)c1. The van der Waals surface area contributed by atoms with E-state index in [-0.39, 0.29) is 30.5 Å². The van der Waals surface area contributed by atoms with Gasteiger partial charge in [0.25, 0.3) is 5.56 Å². The van der Waals surface area contributed by atoms with Gasteiger partial charge < -0.3 is 18.9 Å². The zero-order valence-electron chi connectivity index (χ0n) is 26.3. The van der Waals surface area contributed by atoms with Crippen molar-refractivity contribution in [3.05, 3.63) is 117 Å². The van der Waals surface area contributed by atoms with E-state index in [1.54, 1.807) is 56.3 Å². The predicted molar refractivity (Wildman–Crippen MR) is 184 cm³/mol. The predicted octanol–water partition coefficient (Wildman–Crippen LogP) is 6.46. The average Bonchev–Trinajstić information content (AvgIpc) is 3.33. The molecule has 0 spiro atoms. The van der Waals surface area contributed by atoms with Gasteiger partial charge in [-0.2, -0.15) is 5.26 Å². The number of aromatic nitrogens is 1. The molecule has 0 fully saturated rings. The van der Waals surface area contributed by atoms with Crippen molar-refractivity contribution in [2.24, 2.45) is 4.99 Å². The Morgan fingerprint density at radius 3 is 2.57 bits per heavy atom. The molecule has 2 heterocycles. The number of rotatable bonds is 10. The number of thiazole rings is 1. The van der Waals surface area contributed by atoms with Crippen molar-refractivity contribution in [1.82, 2.24) is 4.57 Å². The van der Waals surface area contributed by atoms with E-state index in [2.05, 4.69) is 27.0 Å². The summed E-state index contributed by atoms with van der Waals surface area (Å²) >= 11 is 11.2. The molecular formula is C35H31BrClN3O6S. The highest BCUT2D eigenvalue weighted by atomic mass is 79.9. The van der Waals surface area contributed by atoms with Gasteiger partial charge in [0, 0.05) is 10.6 Å². The highest BCUT2D eigenvalue weighted by Crippen LogP contribution is 2.37. The maximum atomic E-state index is 14.3. The van der Waals surface area contributed by atoms with Crippen LogP contribution in [0.1, 0.15) is 56.0 Å². The van der Waals surface area contributed by atoms with E-state index in [0.717, 1.165) is 5.56 Å². The van der Waals surface area contributed by atoms with Crippen molar-refractivity contribution in [1.29, 1.82) is 5.26 Å². The van der Waals surface area contributed by atoms with Crippen LogP contribution in [0.25, 0.3) is 6.08 Å². The normalized spacial score (nSPS) is 14.4. The molecule has 0 saturated carbocycles. The van der Waals surface area contributed by atoms with Crippen molar-refractivity contribution in [3.8, 4) is 23.3 Å². The summed E-state index contributed by atoms with van der Waals surface area (Å²) in [5.74, 6) is 0.919. The lowest BCUT2D eigenvalue weighted by molar-refractivity contribution is -0.139. The Hall–Kier alpha value is -4.37. The van der Waals surface area contributed by atoms with Crippen molar-refractivity contribution in [2.75, 3.05) is 13.7 Å². The lowest BCUT2D eigenvalue weighted by Crippen LogP contribution is -2.40. The first-order valence-electron chi connectivity index (χ1n) is 14.7. The summed E-state index contributed by atoms with van der Waals surface area (Å²) in [6, 6.07) is 17.1. The monoisotopic (exact) mass is 735 g/mol. The topological polar surface area (TPSA) is 112 Å². The number of fused-ring (bicyclic) bond motifs is 1. The fraction of sp³-hybridized carbons (Fsp3) is 0.257. The zero-order chi connectivity index (χ0) is 33.8. The lowest BCUT2D eigenvalue weighted by Gasteiger charge is -2.25. The molecule has 5 rings (SSSR count). The van der Waals surface area contributed by atoms with Crippen LogP contribution in [-0.4, -0.2) is 30.4 Å². The Morgan fingerprint density at radius 2 is 1.91 bits per heavy atom. The zero-order valence-corrected chi connectivity index (χ0v) is 29.5. The number of hydrogen-bond acceptors (Lipinski definition) is 9. The molecule has 0 aliphatic carbocycles. The maximum absolute atomic E-state index is 14.3. The third-order valence-corrected chi connectivity index (χ3v) is 8.96. The van der Waals surface area contributed by atoms with Crippen LogP contribution < -0.4 is 29.1 Å². The van der Waals surface area contributed by atoms with E-state index in [0.29, 0.717) is 58.5 Å². The van der Waals surface area contributed by atoms with Gasteiger partial charge in [-0.1, -0.05) is 41.1 Å². The number of carbonyl (C=O) groups is 1. The quantitative estimate of drug-likeness (QED) is 0.172. The van der Waals surface area contributed by atoms with Crippen molar-refractivity contribution < 1.29 is 23.7 Å². The molecule has 12 heteroatoms. The van der Waals surface area contributed by atoms with Crippen LogP contribution in [0, 0.1) is 11.3 Å². The van der Waals surface area contributed by atoms with Crippen molar-refractivity contribution in [3.63, 3.8) is 0 Å². The van der Waals surface area contributed by atoms with E-state index in [9.17, 15) is 9.59 Å². The van der Waals surface area contributed by atoms with E-state index in [1.165, 1.54) is 23.0 Å². The van der Waals surface area contributed by atoms with Crippen molar-refractivity contribution >= 4 is 50.9 Å². The summed E-state index contributed by atoms with van der Waals surface area (Å²) < 4.78 is 25.6. The number of benzene rings is 3. The largest absolute Gasteiger partial charge is 0.493 e. The first kappa shape index (κ1) is 34.0. The molecule has 0 N–H and O–H groups in total. The molecule has 9 nitrogen and oxygen atoms in total. The fourth-order valence-corrected chi connectivity index (χ4v) is 7.11. The minimum atomic E-state index is -0.840. The van der Waals surface area contributed by atoms with Gasteiger partial charge in [-0.25, -0.2) is 9.79 Å². The number of carbonyl (C=O) groups excluding carboxylic acids is 1. The third kappa shape index (κ3) is 7.30. The number of allylic oxidation sites excluding steroid dienone is 1. The van der Waals surface area contributed by atoms with Crippen LogP contribution in [0.2, 0.25) is 5.02 Å². The summed E-state index contributed by atoms with van der Waals surface area (Å²) in [6.45, 7) is 7.66. The molecule has 1 aliphatic heterocycles. The number of hydrogen-bond donors (Lipinski definition) is 0. The number of esters is 1. The Labute approximate surface area is 289 Å². The first-order chi connectivity index (χ1) is 22.5. The number of nitriles is 1. The van der Waals surface area contributed by atoms with Crippen LogP contribution in [0.5, 0.6) is 17.2 Å². The molecule has 3 aromatic carbocycles. The molecule has 0 radical (unpaired) electrons. The second kappa shape index (κ2) is 14.6. The standard InChI is InChI=1S/C35H31BrClN3O6S/c1-6-44-34(42)30-20(4)39-35-40(31(30)23-11-12-27(46-19(2)3)28(14-23)43-5)33(41)29(47-35)15-24-13-25(37)16-26(36)32(24)45-18-22-9-7-21(17-38)8-10-22/h7-16,19,31H,6,18H2,1-5H3/b29-15+/t31-/m1/s1. The van der Waals surface area contributed by atoms with Crippen LogP contribution in [0.15, 0.2) is 80.1 Å². The summed E-state index contributed by atoms with van der Waals surface area (Å²) in [5, 5.41) is 9.55. The van der Waals surface area contributed by atoms with Gasteiger partial charge in [0.15, 0.2) is 16.3 Å². The molecule has 1 aliphatic rings. The van der Waals surface area contributed by atoms with Gasteiger partial charge in [0.2, 0.25) is 0 Å². The Kier molecular flexibility index (Phi) is 10.5. The summed E-state index contributed by atoms with van der Waals surface area (Å²) in [4.78, 5) is 32.7. The van der Waals surface area contributed by atoms with E-state index >= 15 is 0 Å². The second-order valence-electron chi connectivity index (χ2n) is 10.8. The molecule has 47 heavy (non-hydrogen) atoms. The molecule has 0 amide bonds. The molecule has 0 unspecified atom stereocenters. The van der Waals surface area contributed by atoms with Gasteiger partial charge in [0.05, 0.1) is 57.8 Å². The Balaban J connectivity index is 1.64. The lowest BCUT2D eigenvalue weighted by atomic mass is 9.95. The van der Waals surface area contributed by atoms with Crippen LogP contribution >= 0.6 is 38.9 Å². The van der Waals surface area contributed by atoms with Crippen LogP contribution in [0.3, 0.4) is 0 Å². The summed E-state index contributed by atoms with van der Waals surface area (Å²) in [5.41, 5.74) is 2.94. The highest BCUT2D eigenvalue weighted by Gasteiger charge is 2.34. The third-order valence-electron chi connectivity index (χ3n) is 7.17. The summed E-state index contributed by atoms with van der Waals surface area (Å²) in [6.07, 6.45) is 1.61. The van der Waals surface area contributed by atoms with Crippen molar-refractivity contribution in [2.45, 2.75) is 46.4 Å².